The van der Waals surface area contributed by atoms with Gasteiger partial charge in [-0.15, -0.1) is 10.2 Å². The molecule has 118 valence electrons. The Morgan fingerprint density at radius 3 is 2.70 bits per heavy atom. The topological polar surface area (TPSA) is 92.3 Å². The highest BCUT2D eigenvalue weighted by atomic mass is 32.1. The van der Waals surface area contributed by atoms with Gasteiger partial charge in [0.2, 0.25) is 11.0 Å². The van der Waals surface area contributed by atoms with E-state index in [0.717, 1.165) is 5.01 Å². The molecular formula is C15H14N4O3S. The predicted molar refractivity (Wildman–Crippen MR) is 85.8 cm³/mol. The van der Waals surface area contributed by atoms with Crippen LogP contribution in [0.1, 0.15) is 35.1 Å². The number of benzene rings is 1. The normalized spacial score (nSPS) is 13.6. The summed E-state index contributed by atoms with van der Waals surface area (Å²) in [6.07, 6.45) is 0. The molecule has 0 spiro atoms. The lowest BCUT2D eigenvalue weighted by Gasteiger charge is -2.15. The van der Waals surface area contributed by atoms with Gasteiger partial charge in [0.05, 0.1) is 11.3 Å². The van der Waals surface area contributed by atoms with Gasteiger partial charge in [0.15, 0.2) is 0 Å². The molecule has 0 saturated carbocycles. The molecule has 1 aliphatic heterocycles. The number of carbonyl (C=O) groups is 3. The van der Waals surface area contributed by atoms with E-state index in [1.165, 1.54) is 16.2 Å². The summed E-state index contributed by atoms with van der Waals surface area (Å²) in [6.45, 7) is 3.73. The van der Waals surface area contributed by atoms with Gasteiger partial charge >= 0.3 is 0 Å². The maximum atomic E-state index is 12.1. The number of ketones is 1. The molecule has 1 aliphatic rings. The van der Waals surface area contributed by atoms with Crippen molar-refractivity contribution in [2.45, 2.75) is 19.8 Å². The van der Waals surface area contributed by atoms with Crippen LogP contribution >= 0.6 is 11.3 Å². The molecule has 1 aromatic carbocycles. The van der Waals surface area contributed by atoms with Crippen molar-refractivity contribution in [3.63, 3.8) is 0 Å². The van der Waals surface area contributed by atoms with E-state index in [0.29, 0.717) is 16.4 Å². The number of anilines is 2. The van der Waals surface area contributed by atoms with Crippen LogP contribution in [-0.4, -0.2) is 34.3 Å². The van der Waals surface area contributed by atoms with Gasteiger partial charge in [-0.3, -0.25) is 24.6 Å². The van der Waals surface area contributed by atoms with Crippen molar-refractivity contribution >= 4 is 39.8 Å². The Kier molecular flexibility index (Phi) is 3.91. The predicted octanol–water partition coefficient (Wildman–Crippen LogP) is 1.83. The van der Waals surface area contributed by atoms with Crippen molar-refractivity contribution in [2.24, 2.45) is 0 Å². The highest BCUT2D eigenvalue weighted by molar-refractivity contribution is 7.15. The minimum Gasteiger partial charge on any atom is -0.299 e. The zero-order valence-electron chi connectivity index (χ0n) is 12.6. The van der Waals surface area contributed by atoms with Crippen LogP contribution in [0.2, 0.25) is 0 Å². The minimum atomic E-state index is -0.693. The van der Waals surface area contributed by atoms with Crippen molar-refractivity contribution in [1.29, 1.82) is 0 Å². The van der Waals surface area contributed by atoms with E-state index in [1.54, 1.807) is 24.3 Å². The van der Waals surface area contributed by atoms with Crippen molar-refractivity contribution in [3.05, 3.63) is 34.8 Å². The molecule has 0 saturated heterocycles. The Balaban J connectivity index is 1.73. The van der Waals surface area contributed by atoms with E-state index in [9.17, 15) is 14.4 Å². The molecule has 0 fully saturated rings. The van der Waals surface area contributed by atoms with Gasteiger partial charge in [0, 0.05) is 5.92 Å². The SMILES string of the molecule is CC(C)c1nnc(NC(=O)CN2C(=O)C(=O)c3ccccc32)s1. The Hall–Kier alpha value is -2.61. The van der Waals surface area contributed by atoms with Crippen molar-refractivity contribution < 1.29 is 14.4 Å². The fourth-order valence-corrected chi connectivity index (χ4v) is 2.99. The fourth-order valence-electron chi connectivity index (χ4n) is 2.23. The number of para-hydroxylation sites is 1. The average Bonchev–Trinajstić information content (AvgIpc) is 3.07. The lowest BCUT2D eigenvalue weighted by molar-refractivity contribution is -0.118. The van der Waals surface area contributed by atoms with Gasteiger partial charge < -0.3 is 0 Å². The van der Waals surface area contributed by atoms with Crippen LogP contribution in [0, 0.1) is 0 Å². The second-order valence-electron chi connectivity index (χ2n) is 5.39. The standard InChI is InChI=1S/C15H14N4O3S/c1-8(2)13-17-18-15(23-13)16-11(20)7-19-10-6-4-3-5-9(10)12(21)14(19)22/h3-6,8H,7H2,1-2H3,(H,16,18,20). The number of rotatable bonds is 4. The molecule has 0 unspecified atom stereocenters. The molecule has 3 rings (SSSR count). The quantitative estimate of drug-likeness (QED) is 0.863. The number of nitrogens with zero attached hydrogens (tertiary/aromatic N) is 3. The maximum absolute atomic E-state index is 12.1. The maximum Gasteiger partial charge on any atom is 0.299 e. The highest BCUT2D eigenvalue weighted by Gasteiger charge is 2.36. The number of amides is 2. The van der Waals surface area contributed by atoms with Gasteiger partial charge in [-0.25, -0.2) is 0 Å². The van der Waals surface area contributed by atoms with E-state index >= 15 is 0 Å². The first-order valence-electron chi connectivity index (χ1n) is 7.06. The molecule has 0 radical (unpaired) electrons. The molecule has 7 nitrogen and oxygen atoms in total. The van der Waals surface area contributed by atoms with E-state index < -0.39 is 17.6 Å². The van der Waals surface area contributed by atoms with Gasteiger partial charge in [-0.05, 0) is 12.1 Å². The summed E-state index contributed by atoms with van der Waals surface area (Å²) in [5.74, 6) is -1.48. The summed E-state index contributed by atoms with van der Waals surface area (Å²) in [6, 6.07) is 6.62. The monoisotopic (exact) mass is 330 g/mol. The fraction of sp³-hybridized carbons (Fsp3) is 0.267. The third-order valence-electron chi connectivity index (χ3n) is 3.36. The van der Waals surface area contributed by atoms with Crippen LogP contribution in [0.4, 0.5) is 10.8 Å². The van der Waals surface area contributed by atoms with Crippen LogP contribution in [0.25, 0.3) is 0 Å². The first-order chi connectivity index (χ1) is 11.0. The molecule has 1 aromatic heterocycles. The Bertz CT molecular complexity index is 800. The Morgan fingerprint density at radius 1 is 1.26 bits per heavy atom. The van der Waals surface area contributed by atoms with Gasteiger partial charge in [-0.1, -0.05) is 37.3 Å². The average molecular weight is 330 g/mol. The molecule has 0 aliphatic carbocycles. The molecule has 0 atom stereocenters. The van der Waals surface area contributed by atoms with Gasteiger partial charge in [0.1, 0.15) is 11.6 Å². The zero-order chi connectivity index (χ0) is 16.6. The molecule has 2 amide bonds. The molecule has 23 heavy (non-hydrogen) atoms. The number of carbonyl (C=O) groups excluding carboxylic acids is 3. The molecule has 1 N–H and O–H groups in total. The van der Waals surface area contributed by atoms with E-state index in [1.807, 2.05) is 13.8 Å². The lowest BCUT2D eigenvalue weighted by atomic mass is 10.1. The minimum absolute atomic E-state index is 0.225. The number of nitrogens with one attached hydrogen (secondary N) is 1. The summed E-state index contributed by atoms with van der Waals surface area (Å²) in [4.78, 5) is 37.2. The third kappa shape index (κ3) is 2.85. The van der Waals surface area contributed by atoms with Crippen molar-refractivity contribution in [3.8, 4) is 0 Å². The second-order valence-corrected chi connectivity index (χ2v) is 6.39. The third-order valence-corrected chi connectivity index (χ3v) is 4.50. The molecule has 0 bridgehead atoms. The number of hydrogen-bond donors (Lipinski definition) is 1. The van der Waals surface area contributed by atoms with E-state index in [4.69, 9.17) is 0 Å². The smallest absolute Gasteiger partial charge is 0.299 e. The van der Waals surface area contributed by atoms with Crippen LogP contribution in [0.5, 0.6) is 0 Å². The van der Waals surface area contributed by atoms with Crippen LogP contribution < -0.4 is 10.2 Å². The largest absolute Gasteiger partial charge is 0.299 e. The number of aromatic nitrogens is 2. The molecule has 2 heterocycles. The van der Waals surface area contributed by atoms with Crippen LogP contribution in [0.15, 0.2) is 24.3 Å². The van der Waals surface area contributed by atoms with Crippen LogP contribution in [0.3, 0.4) is 0 Å². The summed E-state index contributed by atoms with van der Waals surface area (Å²) < 4.78 is 0. The van der Waals surface area contributed by atoms with Crippen molar-refractivity contribution in [1.82, 2.24) is 10.2 Å². The van der Waals surface area contributed by atoms with E-state index in [2.05, 4.69) is 15.5 Å². The number of hydrogen-bond acceptors (Lipinski definition) is 6. The highest BCUT2D eigenvalue weighted by Crippen LogP contribution is 2.28. The summed E-state index contributed by atoms with van der Waals surface area (Å²) in [7, 11) is 0. The molecular weight excluding hydrogens is 316 g/mol. The summed E-state index contributed by atoms with van der Waals surface area (Å²) in [5.41, 5.74) is 0.779. The summed E-state index contributed by atoms with van der Waals surface area (Å²) in [5, 5.41) is 11.7. The Labute approximate surface area is 136 Å². The number of Topliss-reactive ketones (excluding diaryl/α,β-unsaturated/α-hetero) is 1. The van der Waals surface area contributed by atoms with E-state index in [-0.39, 0.29) is 12.5 Å². The molecule has 2 aromatic rings. The van der Waals surface area contributed by atoms with Crippen LogP contribution in [-0.2, 0) is 9.59 Å². The van der Waals surface area contributed by atoms with Gasteiger partial charge in [0.25, 0.3) is 11.7 Å². The second kappa shape index (κ2) is 5.88. The van der Waals surface area contributed by atoms with Crippen molar-refractivity contribution in [2.75, 3.05) is 16.8 Å². The molecule has 8 heteroatoms. The first-order valence-corrected chi connectivity index (χ1v) is 7.87. The lowest BCUT2D eigenvalue weighted by Crippen LogP contribution is -2.37. The van der Waals surface area contributed by atoms with Gasteiger partial charge in [-0.2, -0.15) is 0 Å². The zero-order valence-corrected chi connectivity index (χ0v) is 13.4. The summed E-state index contributed by atoms with van der Waals surface area (Å²) >= 11 is 1.29. The Morgan fingerprint density at radius 2 is 2.00 bits per heavy atom. The first kappa shape index (κ1) is 15.3. The number of fused-ring (bicyclic) bond motifs is 1.